The topological polar surface area (TPSA) is 169 Å². The third-order valence-corrected chi connectivity index (χ3v) is 9.64. The number of aryl methyl sites for hydroxylation is 1. The van der Waals surface area contributed by atoms with Gasteiger partial charge in [-0.25, -0.2) is 9.78 Å². The van der Waals surface area contributed by atoms with Crippen molar-refractivity contribution in [2.45, 2.75) is 44.9 Å². The molecule has 260 valence electrons. The molecule has 6 rings (SSSR count). The number of carbonyl (C=O) groups is 2. The Balaban J connectivity index is 0.885. The molecule has 0 saturated carbocycles. The number of amides is 2. The standard InChI is InChI=1S/C37H40N6O6S/c1-23-22-50-36(39-23)29-4-2-3-5-30(29)41-37(48)49-26-14-17-43(18-15-26)19-16-34(47)40-25-8-6-24(7-9-25)20-38-21-32(45)27-10-12-31(44)35-28(27)11-13-33(46)42-35/h2-13,22,26,32,38,44-45H,14-21H2,1H3,(H,40,47)(H,41,48)(H,42,46). The molecule has 3 heterocycles. The van der Waals surface area contributed by atoms with Gasteiger partial charge in [-0.3, -0.25) is 14.9 Å². The first-order valence-electron chi connectivity index (χ1n) is 16.6. The van der Waals surface area contributed by atoms with Gasteiger partial charge < -0.3 is 35.5 Å². The van der Waals surface area contributed by atoms with E-state index in [1.807, 2.05) is 60.8 Å². The van der Waals surface area contributed by atoms with Gasteiger partial charge in [0.2, 0.25) is 11.5 Å². The van der Waals surface area contributed by atoms with Crippen LogP contribution in [-0.2, 0) is 16.1 Å². The monoisotopic (exact) mass is 696 g/mol. The van der Waals surface area contributed by atoms with Crippen LogP contribution in [0.3, 0.4) is 0 Å². The van der Waals surface area contributed by atoms with E-state index in [2.05, 4.69) is 30.8 Å². The Morgan fingerprint density at radius 2 is 1.82 bits per heavy atom. The zero-order valence-corrected chi connectivity index (χ0v) is 28.5. The molecule has 1 unspecified atom stereocenters. The molecule has 1 atom stereocenters. The van der Waals surface area contributed by atoms with Gasteiger partial charge in [0.15, 0.2) is 0 Å². The van der Waals surface area contributed by atoms with E-state index in [9.17, 15) is 24.6 Å². The Bertz CT molecular complexity index is 2000. The van der Waals surface area contributed by atoms with E-state index in [0.29, 0.717) is 60.2 Å². The lowest BCUT2D eigenvalue weighted by Crippen LogP contribution is -2.39. The highest BCUT2D eigenvalue weighted by Crippen LogP contribution is 2.31. The molecule has 5 aromatic rings. The summed E-state index contributed by atoms with van der Waals surface area (Å²) in [6.45, 7) is 4.78. The van der Waals surface area contributed by atoms with Gasteiger partial charge >= 0.3 is 6.09 Å². The molecule has 50 heavy (non-hydrogen) atoms. The largest absolute Gasteiger partial charge is 0.506 e. The first kappa shape index (κ1) is 34.8. The number of fused-ring (bicyclic) bond motifs is 1. The molecule has 0 bridgehead atoms. The van der Waals surface area contributed by atoms with Gasteiger partial charge in [0.25, 0.3) is 0 Å². The Morgan fingerprint density at radius 3 is 2.58 bits per heavy atom. The van der Waals surface area contributed by atoms with E-state index in [-0.39, 0.29) is 29.9 Å². The van der Waals surface area contributed by atoms with Crippen LogP contribution >= 0.6 is 11.3 Å². The number of phenolic OH excluding ortho intramolecular Hbond substituents is 1. The molecule has 0 radical (unpaired) electrons. The maximum Gasteiger partial charge on any atom is 0.411 e. The summed E-state index contributed by atoms with van der Waals surface area (Å²) in [6.07, 6.45) is 0.214. The number of likely N-dealkylation sites (tertiary alicyclic amines) is 1. The molecular formula is C37H40N6O6S. The van der Waals surface area contributed by atoms with Gasteiger partial charge in [-0.1, -0.05) is 30.3 Å². The normalized spacial score (nSPS) is 14.4. The summed E-state index contributed by atoms with van der Waals surface area (Å²) in [5.74, 6) is -0.128. The molecule has 1 fully saturated rings. The van der Waals surface area contributed by atoms with Crippen molar-refractivity contribution in [3.05, 3.63) is 105 Å². The number of para-hydroxylation sites is 1. The lowest BCUT2D eigenvalue weighted by molar-refractivity contribution is -0.116. The lowest BCUT2D eigenvalue weighted by atomic mass is 10.0. The zero-order valence-electron chi connectivity index (χ0n) is 27.6. The second-order valence-electron chi connectivity index (χ2n) is 12.3. The predicted molar refractivity (Wildman–Crippen MR) is 194 cm³/mol. The van der Waals surface area contributed by atoms with Crippen LogP contribution in [0.2, 0.25) is 0 Å². The van der Waals surface area contributed by atoms with Gasteiger partial charge in [-0.2, -0.15) is 0 Å². The van der Waals surface area contributed by atoms with Gasteiger partial charge in [-0.05, 0) is 67.3 Å². The van der Waals surface area contributed by atoms with Crippen molar-refractivity contribution in [3.63, 3.8) is 0 Å². The quantitative estimate of drug-likeness (QED) is 0.0983. The maximum absolute atomic E-state index is 12.7. The third kappa shape index (κ3) is 8.93. The zero-order chi connectivity index (χ0) is 35.0. The number of aromatic hydroxyl groups is 1. The van der Waals surface area contributed by atoms with Crippen molar-refractivity contribution in [3.8, 4) is 16.3 Å². The van der Waals surface area contributed by atoms with Gasteiger partial charge in [-0.15, -0.1) is 11.3 Å². The number of piperidine rings is 1. The molecule has 2 aromatic heterocycles. The molecule has 2 amide bonds. The Kier molecular flexibility index (Phi) is 11.2. The van der Waals surface area contributed by atoms with E-state index in [0.717, 1.165) is 34.9 Å². The molecular weight excluding hydrogens is 657 g/mol. The van der Waals surface area contributed by atoms with Crippen LogP contribution < -0.4 is 21.5 Å². The minimum absolute atomic E-state index is 0.0524. The average Bonchev–Trinajstić information content (AvgIpc) is 3.55. The highest BCUT2D eigenvalue weighted by atomic mass is 32.1. The number of hydrogen-bond donors (Lipinski definition) is 6. The van der Waals surface area contributed by atoms with Gasteiger partial charge in [0.1, 0.15) is 16.9 Å². The van der Waals surface area contributed by atoms with Gasteiger partial charge in [0, 0.05) is 72.9 Å². The first-order valence-corrected chi connectivity index (χ1v) is 17.4. The van der Waals surface area contributed by atoms with Crippen LogP contribution in [0.15, 0.2) is 83.0 Å². The Labute approximate surface area is 293 Å². The van der Waals surface area contributed by atoms with E-state index in [1.165, 1.54) is 23.5 Å². The van der Waals surface area contributed by atoms with Crippen LogP contribution in [0, 0.1) is 6.92 Å². The number of carbonyl (C=O) groups excluding carboxylic acids is 2. The van der Waals surface area contributed by atoms with Crippen molar-refractivity contribution >= 4 is 45.6 Å². The Hall–Kier alpha value is -5.08. The molecule has 13 heteroatoms. The summed E-state index contributed by atoms with van der Waals surface area (Å²) >= 11 is 1.53. The van der Waals surface area contributed by atoms with E-state index < -0.39 is 12.2 Å². The number of hydrogen-bond acceptors (Lipinski definition) is 10. The number of rotatable bonds is 12. The smallest absolute Gasteiger partial charge is 0.411 e. The number of ether oxygens (including phenoxy) is 1. The first-order chi connectivity index (χ1) is 24.2. The number of anilines is 2. The number of nitrogens with one attached hydrogen (secondary N) is 4. The second kappa shape index (κ2) is 16.1. The minimum atomic E-state index is -0.854. The van der Waals surface area contributed by atoms with Crippen molar-refractivity contribution in [2.24, 2.45) is 0 Å². The highest BCUT2D eigenvalue weighted by molar-refractivity contribution is 7.13. The molecule has 0 aliphatic carbocycles. The lowest BCUT2D eigenvalue weighted by Gasteiger charge is -2.31. The van der Waals surface area contributed by atoms with Crippen molar-refractivity contribution < 1.29 is 24.5 Å². The number of aliphatic hydroxyl groups excluding tert-OH is 1. The number of aliphatic hydroxyl groups is 1. The van der Waals surface area contributed by atoms with E-state index in [4.69, 9.17) is 4.74 Å². The third-order valence-electron chi connectivity index (χ3n) is 8.65. The molecule has 0 spiro atoms. The van der Waals surface area contributed by atoms with Crippen LogP contribution in [-0.4, -0.2) is 69.4 Å². The number of H-pyrrole nitrogens is 1. The molecule has 1 aliphatic heterocycles. The summed E-state index contributed by atoms with van der Waals surface area (Å²) in [7, 11) is 0. The van der Waals surface area contributed by atoms with Crippen molar-refractivity contribution in [1.82, 2.24) is 20.2 Å². The van der Waals surface area contributed by atoms with Gasteiger partial charge in [0.05, 0.1) is 17.3 Å². The fraction of sp³-hybridized carbons (Fsp3) is 0.297. The number of benzene rings is 3. The summed E-state index contributed by atoms with van der Waals surface area (Å²) < 4.78 is 5.72. The fourth-order valence-corrected chi connectivity index (χ4v) is 6.84. The highest BCUT2D eigenvalue weighted by Gasteiger charge is 2.23. The van der Waals surface area contributed by atoms with Crippen molar-refractivity contribution in [1.29, 1.82) is 0 Å². The summed E-state index contributed by atoms with van der Waals surface area (Å²) in [5.41, 5.74) is 4.70. The number of phenols is 1. The predicted octanol–water partition coefficient (Wildman–Crippen LogP) is 5.53. The Morgan fingerprint density at radius 1 is 1.04 bits per heavy atom. The SMILES string of the molecule is Cc1csc(-c2ccccc2NC(=O)OC2CCN(CCC(=O)Nc3ccc(CNCC(O)c4ccc(O)c5[nH]c(=O)ccc45)cc3)CC2)n1. The number of nitrogens with zero attached hydrogens (tertiary/aromatic N) is 2. The molecule has 12 nitrogen and oxygen atoms in total. The summed E-state index contributed by atoms with van der Waals surface area (Å²) in [4.78, 5) is 46.4. The van der Waals surface area contributed by atoms with Crippen molar-refractivity contribution in [2.75, 3.05) is 36.8 Å². The average molecular weight is 697 g/mol. The second-order valence-corrected chi connectivity index (χ2v) is 13.2. The number of thiazole rings is 1. The molecule has 1 aliphatic rings. The van der Waals surface area contributed by atoms with Crippen LogP contribution in [0.4, 0.5) is 16.2 Å². The fourth-order valence-electron chi connectivity index (χ4n) is 6.00. The van der Waals surface area contributed by atoms with Crippen LogP contribution in [0.1, 0.15) is 42.2 Å². The van der Waals surface area contributed by atoms with E-state index in [1.54, 1.807) is 12.1 Å². The summed E-state index contributed by atoms with van der Waals surface area (Å²) in [6, 6.07) is 21.1. The maximum atomic E-state index is 12.7. The molecule has 1 saturated heterocycles. The molecule has 6 N–H and O–H groups in total. The van der Waals surface area contributed by atoms with E-state index >= 15 is 0 Å². The number of pyridine rings is 1. The number of aromatic nitrogens is 2. The number of aromatic amines is 1. The van der Waals surface area contributed by atoms with Crippen LogP contribution in [0.5, 0.6) is 5.75 Å². The summed E-state index contributed by atoms with van der Waals surface area (Å²) in [5, 5.41) is 33.3. The van der Waals surface area contributed by atoms with Crippen LogP contribution in [0.25, 0.3) is 21.5 Å². The minimum Gasteiger partial charge on any atom is -0.506 e. The molecule has 3 aromatic carbocycles.